The zero-order chi connectivity index (χ0) is 8.97. The summed E-state index contributed by atoms with van der Waals surface area (Å²) in [4.78, 5) is 10.7. The number of furan rings is 1. The Labute approximate surface area is 70.3 Å². The summed E-state index contributed by atoms with van der Waals surface area (Å²) in [6.07, 6.45) is 2.86. The normalized spacial score (nSPS) is 11.7. The average molecular weight is 166 g/mol. The van der Waals surface area contributed by atoms with Crippen LogP contribution in [0.25, 0.3) is 5.57 Å². The molecule has 1 heterocycles. The van der Waals surface area contributed by atoms with Crippen molar-refractivity contribution in [3.05, 3.63) is 30.2 Å². The molecule has 0 aliphatic carbocycles. The lowest BCUT2D eigenvalue weighted by Crippen LogP contribution is -1.92. The summed E-state index contributed by atoms with van der Waals surface area (Å²) in [7, 11) is 0. The molecule has 0 bridgehead atoms. The summed E-state index contributed by atoms with van der Waals surface area (Å²) in [6, 6.07) is 3.41. The Kier molecular flexibility index (Phi) is 2.82. The highest BCUT2D eigenvalue weighted by Crippen LogP contribution is 2.13. The van der Waals surface area contributed by atoms with Crippen LogP contribution in [-0.4, -0.2) is 17.5 Å². The first-order valence-corrected chi connectivity index (χ1v) is 3.60. The van der Waals surface area contributed by atoms with Crippen molar-refractivity contribution in [1.82, 2.24) is 0 Å². The number of carbonyl (C=O) groups is 1. The maximum absolute atomic E-state index is 10.7. The molecule has 3 nitrogen and oxygen atoms in total. The first kappa shape index (κ1) is 8.74. The van der Waals surface area contributed by atoms with Crippen LogP contribution in [0.4, 0.5) is 0 Å². The van der Waals surface area contributed by atoms with Crippen LogP contribution in [0.1, 0.15) is 12.7 Å². The van der Waals surface area contributed by atoms with Gasteiger partial charge in [0.05, 0.1) is 12.9 Å². The topological polar surface area (TPSA) is 50.4 Å². The molecular formula is C9H10O3. The van der Waals surface area contributed by atoms with E-state index in [1.165, 1.54) is 19.3 Å². The fourth-order valence-corrected chi connectivity index (χ4v) is 0.901. The lowest BCUT2D eigenvalue weighted by atomic mass is 10.2. The SMILES string of the molecule is CC(=O)C=C(CO)c1ccco1. The molecule has 0 fully saturated rings. The molecule has 1 aromatic heterocycles. The molecule has 0 saturated carbocycles. The Morgan fingerprint density at radius 1 is 1.75 bits per heavy atom. The number of ketones is 1. The van der Waals surface area contributed by atoms with E-state index in [0.29, 0.717) is 11.3 Å². The van der Waals surface area contributed by atoms with E-state index in [1.807, 2.05) is 0 Å². The van der Waals surface area contributed by atoms with E-state index in [-0.39, 0.29) is 12.4 Å². The van der Waals surface area contributed by atoms with Crippen molar-refractivity contribution in [2.75, 3.05) is 6.61 Å². The molecular weight excluding hydrogens is 156 g/mol. The highest BCUT2D eigenvalue weighted by molar-refractivity contribution is 5.94. The van der Waals surface area contributed by atoms with Gasteiger partial charge in [0.2, 0.25) is 0 Å². The van der Waals surface area contributed by atoms with E-state index >= 15 is 0 Å². The maximum atomic E-state index is 10.7. The number of hydrogen-bond acceptors (Lipinski definition) is 3. The second-order valence-corrected chi connectivity index (χ2v) is 2.42. The number of hydrogen-bond donors (Lipinski definition) is 1. The number of allylic oxidation sites excluding steroid dienone is 1. The Hall–Kier alpha value is -1.35. The summed E-state index contributed by atoms with van der Waals surface area (Å²) < 4.78 is 5.01. The van der Waals surface area contributed by atoms with E-state index < -0.39 is 0 Å². The molecule has 64 valence electrons. The van der Waals surface area contributed by atoms with E-state index in [2.05, 4.69) is 0 Å². The predicted molar refractivity (Wildman–Crippen MR) is 44.5 cm³/mol. The maximum Gasteiger partial charge on any atom is 0.153 e. The summed E-state index contributed by atoms with van der Waals surface area (Å²) in [5.41, 5.74) is 0.507. The van der Waals surface area contributed by atoms with Crippen molar-refractivity contribution in [3.63, 3.8) is 0 Å². The van der Waals surface area contributed by atoms with Crippen LogP contribution in [0.5, 0.6) is 0 Å². The van der Waals surface area contributed by atoms with Gasteiger partial charge in [-0.05, 0) is 25.1 Å². The molecule has 0 atom stereocenters. The molecule has 0 unspecified atom stereocenters. The first-order chi connectivity index (χ1) is 5.74. The van der Waals surface area contributed by atoms with Gasteiger partial charge in [0.15, 0.2) is 5.78 Å². The van der Waals surface area contributed by atoms with Gasteiger partial charge in [-0.15, -0.1) is 0 Å². The molecule has 0 spiro atoms. The average Bonchev–Trinajstić information content (AvgIpc) is 2.51. The Bertz CT molecular complexity index is 283. The van der Waals surface area contributed by atoms with Gasteiger partial charge in [-0.2, -0.15) is 0 Å². The highest BCUT2D eigenvalue weighted by Gasteiger charge is 2.03. The van der Waals surface area contributed by atoms with E-state index in [9.17, 15) is 4.79 Å². The van der Waals surface area contributed by atoms with Crippen LogP contribution >= 0.6 is 0 Å². The van der Waals surface area contributed by atoms with Crippen LogP contribution in [-0.2, 0) is 4.79 Å². The molecule has 0 saturated heterocycles. The van der Waals surface area contributed by atoms with Crippen molar-refractivity contribution in [1.29, 1.82) is 0 Å². The third-order valence-electron chi connectivity index (χ3n) is 1.39. The zero-order valence-electron chi connectivity index (χ0n) is 6.78. The van der Waals surface area contributed by atoms with Crippen LogP contribution in [0, 0.1) is 0 Å². The molecule has 1 aromatic rings. The van der Waals surface area contributed by atoms with Gasteiger partial charge < -0.3 is 9.52 Å². The van der Waals surface area contributed by atoms with Gasteiger partial charge in [-0.1, -0.05) is 0 Å². The Balaban J connectivity index is 2.91. The van der Waals surface area contributed by atoms with Crippen molar-refractivity contribution >= 4 is 11.4 Å². The van der Waals surface area contributed by atoms with E-state index in [1.54, 1.807) is 12.1 Å². The van der Waals surface area contributed by atoms with Crippen molar-refractivity contribution in [2.45, 2.75) is 6.92 Å². The van der Waals surface area contributed by atoms with Crippen LogP contribution in [0.2, 0.25) is 0 Å². The van der Waals surface area contributed by atoms with E-state index in [4.69, 9.17) is 9.52 Å². The molecule has 0 aliphatic heterocycles. The third-order valence-corrected chi connectivity index (χ3v) is 1.39. The highest BCUT2D eigenvalue weighted by atomic mass is 16.3. The minimum absolute atomic E-state index is 0.101. The smallest absolute Gasteiger partial charge is 0.153 e. The summed E-state index contributed by atoms with van der Waals surface area (Å²) in [5, 5.41) is 8.87. The molecule has 0 aliphatic rings. The number of aliphatic hydroxyl groups is 1. The fraction of sp³-hybridized carbons (Fsp3) is 0.222. The molecule has 1 rings (SSSR count). The van der Waals surface area contributed by atoms with Crippen molar-refractivity contribution in [2.24, 2.45) is 0 Å². The van der Waals surface area contributed by atoms with Crippen molar-refractivity contribution in [3.8, 4) is 0 Å². The Morgan fingerprint density at radius 3 is 2.92 bits per heavy atom. The molecule has 0 radical (unpaired) electrons. The van der Waals surface area contributed by atoms with Gasteiger partial charge in [0.25, 0.3) is 0 Å². The third kappa shape index (κ3) is 2.07. The van der Waals surface area contributed by atoms with Gasteiger partial charge in [0, 0.05) is 5.57 Å². The summed E-state index contributed by atoms with van der Waals surface area (Å²) in [6.45, 7) is 1.24. The predicted octanol–water partition coefficient (Wildman–Crippen LogP) is 1.24. The molecule has 0 aromatic carbocycles. The number of rotatable bonds is 3. The largest absolute Gasteiger partial charge is 0.465 e. The van der Waals surface area contributed by atoms with Gasteiger partial charge in [-0.3, -0.25) is 4.79 Å². The number of carbonyl (C=O) groups excluding carboxylic acids is 1. The van der Waals surface area contributed by atoms with Crippen LogP contribution in [0.15, 0.2) is 28.9 Å². The zero-order valence-corrected chi connectivity index (χ0v) is 6.78. The summed E-state index contributed by atoms with van der Waals surface area (Å²) >= 11 is 0. The lowest BCUT2D eigenvalue weighted by Gasteiger charge is -1.96. The monoisotopic (exact) mass is 166 g/mol. The van der Waals surface area contributed by atoms with E-state index in [0.717, 1.165) is 0 Å². The summed E-state index contributed by atoms with van der Waals surface area (Å²) in [5.74, 6) is 0.433. The van der Waals surface area contributed by atoms with Crippen LogP contribution < -0.4 is 0 Å². The molecule has 12 heavy (non-hydrogen) atoms. The van der Waals surface area contributed by atoms with Crippen LogP contribution in [0.3, 0.4) is 0 Å². The molecule has 3 heteroatoms. The second kappa shape index (κ2) is 3.88. The lowest BCUT2D eigenvalue weighted by molar-refractivity contribution is -0.112. The van der Waals surface area contributed by atoms with Crippen molar-refractivity contribution < 1.29 is 14.3 Å². The number of aliphatic hydroxyl groups excluding tert-OH is 1. The standard InChI is InChI=1S/C9H10O3/c1-7(11)5-8(6-10)9-3-2-4-12-9/h2-5,10H,6H2,1H3. The van der Waals surface area contributed by atoms with Gasteiger partial charge in [0.1, 0.15) is 5.76 Å². The minimum Gasteiger partial charge on any atom is -0.465 e. The van der Waals surface area contributed by atoms with Gasteiger partial charge >= 0.3 is 0 Å². The molecule has 1 N–H and O–H groups in total. The fourth-order valence-electron chi connectivity index (χ4n) is 0.901. The molecule has 0 amide bonds. The minimum atomic E-state index is -0.187. The first-order valence-electron chi connectivity index (χ1n) is 3.60. The van der Waals surface area contributed by atoms with Gasteiger partial charge in [-0.25, -0.2) is 0 Å². The quantitative estimate of drug-likeness (QED) is 0.687. The Morgan fingerprint density at radius 2 is 2.50 bits per heavy atom. The second-order valence-electron chi connectivity index (χ2n) is 2.42.